The summed E-state index contributed by atoms with van der Waals surface area (Å²) >= 11 is 0. The number of aromatic amines is 1. The zero-order chi connectivity index (χ0) is 18.0. The second kappa shape index (κ2) is 6.63. The van der Waals surface area contributed by atoms with Gasteiger partial charge in [0.1, 0.15) is 6.33 Å². The number of anilines is 1. The number of aryl methyl sites for hydroxylation is 1. The van der Waals surface area contributed by atoms with Crippen LogP contribution in [0.4, 0.5) is 5.95 Å². The summed E-state index contributed by atoms with van der Waals surface area (Å²) in [6, 6.07) is 3.47. The van der Waals surface area contributed by atoms with Gasteiger partial charge in [-0.15, -0.1) is 0 Å². The van der Waals surface area contributed by atoms with Gasteiger partial charge in [0.15, 0.2) is 11.3 Å². The predicted octanol–water partition coefficient (Wildman–Crippen LogP) is 1.42. The van der Waals surface area contributed by atoms with Gasteiger partial charge in [-0.1, -0.05) is 0 Å². The maximum atomic E-state index is 12.4. The summed E-state index contributed by atoms with van der Waals surface area (Å²) in [6.07, 6.45) is 1.12. The average molecular weight is 344 g/mol. The molecule has 25 heavy (non-hydrogen) atoms. The Kier molecular flexibility index (Phi) is 4.38. The quantitative estimate of drug-likeness (QED) is 0.672. The highest BCUT2D eigenvalue weighted by Crippen LogP contribution is 2.36. The van der Waals surface area contributed by atoms with Gasteiger partial charge in [0.05, 0.1) is 26.2 Å². The van der Waals surface area contributed by atoms with Crippen molar-refractivity contribution in [2.45, 2.75) is 13.3 Å². The Morgan fingerprint density at radius 2 is 2.12 bits per heavy atom. The van der Waals surface area contributed by atoms with Crippen LogP contribution in [0.2, 0.25) is 0 Å². The fourth-order valence-corrected chi connectivity index (χ4v) is 2.57. The molecule has 2 aromatic heterocycles. The first-order valence-corrected chi connectivity index (χ1v) is 7.37. The minimum atomic E-state index is -0.607. The van der Waals surface area contributed by atoms with E-state index in [1.165, 1.54) is 20.5 Å². The molecule has 0 bridgehead atoms. The number of methoxy groups -OCH3 is 2. The van der Waals surface area contributed by atoms with Gasteiger partial charge < -0.3 is 13.9 Å². The summed E-state index contributed by atoms with van der Waals surface area (Å²) in [5.74, 6) is 0.581. The van der Waals surface area contributed by atoms with Crippen LogP contribution in [-0.4, -0.2) is 35.3 Å². The molecule has 9 heteroatoms. The molecule has 0 fully saturated rings. The first-order valence-electron chi connectivity index (χ1n) is 7.37. The Morgan fingerprint density at radius 1 is 1.32 bits per heavy atom. The van der Waals surface area contributed by atoms with Crippen LogP contribution in [0, 0.1) is 6.92 Å². The molecule has 0 saturated carbocycles. The molecule has 1 amide bonds. The van der Waals surface area contributed by atoms with Crippen molar-refractivity contribution in [2.24, 2.45) is 0 Å². The number of carbonyl (C=O) groups is 1. The molecular weight excluding hydrogens is 328 g/mol. The molecule has 0 aliphatic rings. The molecule has 3 aromatic rings. The molecule has 9 nitrogen and oxygen atoms in total. The number of carbonyl (C=O) groups excluding carboxylic acids is 1. The smallest absolute Gasteiger partial charge is 0.340 e. The Morgan fingerprint density at radius 3 is 2.76 bits per heavy atom. The van der Waals surface area contributed by atoms with E-state index in [-0.39, 0.29) is 23.5 Å². The van der Waals surface area contributed by atoms with Crippen molar-refractivity contribution in [3.8, 4) is 11.5 Å². The largest absolute Gasteiger partial charge is 0.493 e. The SMILES string of the molecule is COc1ccc2c(C)c(CC(=O)Nc3ncn[nH]3)c(=O)oc2c1OC. The van der Waals surface area contributed by atoms with E-state index in [0.29, 0.717) is 22.4 Å². The van der Waals surface area contributed by atoms with E-state index in [0.717, 1.165) is 0 Å². The number of benzene rings is 1. The topological polar surface area (TPSA) is 119 Å². The van der Waals surface area contributed by atoms with E-state index >= 15 is 0 Å². The third kappa shape index (κ3) is 3.03. The van der Waals surface area contributed by atoms with E-state index in [2.05, 4.69) is 20.5 Å². The number of nitrogens with zero attached hydrogens (tertiary/aromatic N) is 2. The van der Waals surface area contributed by atoms with Crippen LogP contribution < -0.4 is 20.4 Å². The third-order valence-electron chi connectivity index (χ3n) is 3.81. The molecule has 0 unspecified atom stereocenters. The predicted molar refractivity (Wildman–Crippen MR) is 89.0 cm³/mol. The van der Waals surface area contributed by atoms with Crippen LogP contribution >= 0.6 is 0 Å². The summed E-state index contributed by atoms with van der Waals surface area (Å²) in [5.41, 5.74) is 0.574. The average Bonchev–Trinajstić information content (AvgIpc) is 3.10. The van der Waals surface area contributed by atoms with E-state index in [1.807, 2.05) is 0 Å². The Bertz CT molecular complexity index is 978. The lowest BCUT2D eigenvalue weighted by Crippen LogP contribution is -2.21. The number of fused-ring (bicyclic) bond motifs is 1. The van der Waals surface area contributed by atoms with Gasteiger partial charge >= 0.3 is 5.63 Å². The van der Waals surface area contributed by atoms with Gasteiger partial charge in [0, 0.05) is 5.39 Å². The van der Waals surface area contributed by atoms with E-state index in [9.17, 15) is 9.59 Å². The lowest BCUT2D eigenvalue weighted by Gasteiger charge is -2.12. The van der Waals surface area contributed by atoms with Gasteiger partial charge in [-0.2, -0.15) is 10.1 Å². The lowest BCUT2D eigenvalue weighted by molar-refractivity contribution is -0.115. The van der Waals surface area contributed by atoms with Crippen LogP contribution in [0.5, 0.6) is 11.5 Å². The molecular formula is C16H16N4O5. The van der Waals surface area contributed by atoms with Crippen LogP contribution in [0.1, 0.15) is 11.1 Å². The molecule has 0 aliphatic carbocycles. The van der Waals surface area contributed by atoms with E-state index in [4.69, 9.17) is 13.9 Å². The number of hydrogen-bond acceptors (Lipinski definition) is 7. The molecule has 3 rings (SSSR count). The second-order valence-electron chi connectivity index (χ2n) is 5.23. The minimum absolute atomic E-state index is 0.154. The maximum Gasteiger partial charge on any atom is 0.340 e. The number of nitrogens with one attached hydrogen (secondary N) is 2. The number of H-pyrrole nitrogens is 1. The van der Waals surface area contributed by atoms with Gasteiger partial charge in [0.25, 0.3) is 0 Å². The second-order valence-corrected chi connectivity index (χ2v) is 5.23. The summed E-state index contributed by atoms with van der Waals surface area (Å²) in [5, 5.41) is 9.34. The van der Waals surface area contributed by atoms with Crippen LogP contribution in [0.3, 0.4) is 0 Å². The van der Waals surface area contributed by atoms with Gasteiger partial charge in [-0.25, -0.2) is 9.89 Å². The summed E-state index contributed by atoms with van der Waals surface area (Å²) in [6.45, 7) is 1.75. The molecule has 0 atom stereocenters. The minimum Gasteiger partial charge on any atom is -0.493 e. The molecule has 1 aromatic carbocycles. The molecule has 0 spiro atoms. The Balaban J connectivity index is 2.02. The highest BCUT2D eigenvalue weighted by molar-refractivity contribution is 5.93. The van der Waals surface area contributed by atoms with Crippen molar-refractivity contribution in [1.82, 2.24) is 15.2 Å². The number of aromatic nitrogens is 3. The Hall–Kier alpha value is -3.36. The van der Waals surface area contributed by atoms with Crippen molar-refractivity contribution < 1.29 is 18.7 Å². The third-order valence-corrected chi connectivity index (χ3v) is 3.81. The lowest BCUT2D eigenvalue weighted by atomic mass is 10.0. The molecule has 130 valence electrons. The molecule has 2 heterocycles. The number of ether oxygens (including phenoxy) is 2. The molecule has 0 radical (unpaired) electrons. The van der Waals surface area contributed by atoms with Crippen molar-refractivity contribution in [3.63, 3.8) is 0 Å². The van der Waals surface area contributed by atoms with Gasteiger partial charge in [0.2, 0.25) is 17.6 Å². The fourth-order valence-electron chi connectivity index (χ4n) is 2.57. The zero-order valence-electron chi connectivity index (χ0n) is 13.9. The fraction of sp³-hybridized carbons (Fsp3) is 0.250. The summed E-state index contributed by atoms with van der Waals surface area (Å²) < 4.78 is 15.9. The maximum absolute atomic E-state index is 12.4. The van der Waals surface area contributed by atoms with Crippen molar-refractivity contribution in [3.05, 3.63) is 40.0 Å². The Labute approximate surface area is 142 Å². The summed E-state index contributed by atoms with van der Waals surface area (Å²) in [7, 11) is 2.96. The highest BCUT2D eigenvalue weighted by Gasteiger charge is 2.19. The zero-order valence-corrected chi connectivity index (χ0v) is 13.9. The van der Waals surface area contributed by atoms with Crippen molar-refractivity contribution in [2.75, 3.05) is 19.5 Å². The number of rotatable bonds is 5. The van der Waals surface area contributed by atoms with Crippen LogP contribution in [0.25, 0.3) is 11.0 Å². The molecule has 0 aliphatic heterocycles. The van der Waals surface area contributed by atoms with Crippen LogP contribution in [0.15, 0.2) is 27.7 Å². The highest BCUT2D eigenvalue weighted by atomic mass is 16.5. The molecule has 2 N–H and O–H groups in total. The van der Waals surface area contributed by atoms with E-state index < -0.39 is 11.5 Å². The van der Waals surface area contributed by atoms with Gasteiger partial charge in [-0.05, 0) is 24.6 Å². The standard InChI is InChI=1S/C16H16N4O5/c1-8-9-4-5-11(23-2)14(24-3)13(9)25-15(22)10(8)6-12(21)19-16-17-7-18-20-16/h4-5,7H,6H2,1-3H3,(H2,17,18,19,20,21). The van der Waals surface area contributed by atoms with Gasteiger partial charge in [-0.3, -0.25) is 10.1 Å². The van der Waals surface area contributed by atoms with Crippen molar-refractivity contribution >= 4 is 22.8 Å². The van der Waals surface area contributed by atoms with Crippen LogP contribution in [-0.2, 0) is 11.2 Å². The first-order chi connectivity index (χ1) is 12.0. The first kappa shape index (κ1) is 16.5. The normalized spacial score (nSPS) is 10.7. The monoisotopic (exact) mass is 344 g/mol. The van der Waals surface area contributed by atoms with E-state index in [1.54, 1.807) is 19.1 Å². The summed E-state index contributed by atoms with van der Waals surface area (Å²) in [4.78, 5) is 28.3. The number of hydrogen-bond donors (Lipinski definition) is 2. The number of amides is 1. The molecule has 0 saturated heterocycles. The van der Waals surface area contributed by atoms with Crippen molar-refractivity contribution in [1.29, 1.82) is 0 Å².